The predicted octanol–water partition coefficient (Wildman–Crippen LogP) is 5.01. The number of likely N-dealkylation sites (N-methyl/N-ethyl adjacent to an activating group) is 1. The highest BCUT2D eigenvalue weighted by Crippen LogP contribution is 2.21. The Balaban J connectivity index is 0.000000610. The Morgan fingerprint density at radius 1 is 1.14 bits per heavy atom. The number of benzene rings is 1. The summed E-state index contributed by atoms with van der Waals surface area (Å²) < 4.78 is 13.1. The first kappa shape index (κ1) is 34.4. The molecule has 6 nitrogen and oxygen atoms in total. The lowest BCUT2D eigenvalue weighted by molar-refractivity contribution is -0.109. The zero-order valence-corrected chi connectivity index (χ0v) is 23.1. The van der Waals surface area contributed by atoms with Crippen molar-refractivity contribution in [3.63, 3.8) is 0 Å². The van der Waals surface area contributed by atoms with Gasteiger partial charge in [-0.05, 0) is 63.4 Å². The van der Waals surface area contributed by atoms with Gasteiger partial charge in [0.25, 0.3) is 0 Å². The number of likely N-dealkylation sites (tertiary alicyclic amines) is 1. The Bertz CT molecular complexity index is 829. The zero-order valence-electron chi connectivity index (χ0n) is 23.1. The number of aliphatic hydroxyl groups excluding tert-OH is 2. The lowest BCUT2D eigenvalue weighted by Gasteiger charge is -2.32. The van der Waals surface area contributed by atoms with E-state index in [1.165, 1.54) is 12.1 Å². The average Bonchev–Trinajstić information content (AvgIpc) is 2.91. The topological polar surface area (TPSA) is 84.8 Å². The first-order chi connectivity index (χ1) is 18.0. The van der Waals surface area contributed by atoms with Gasteiger partial charge in [-0.25, -0.2) is 4.39 Å². The van der Waals surface area contributed by atoms with Crippen LogP contribution in [0, 0.1) is 5.82 Å². The van der Waals surface area contributed by atoms with Gasteiger partial charge in [-0.15, -0.1) is 0 Å². The number of halogens is 1. The van der Waals surface area contributed by atoms with Crippen LogP contribution in [-0.2, 0) is 11.4 Å². The molecule has 37 heavy (non-hydrogen) atoms. The fourth-order valence-corrected chi connectivity index (χ4v) is 3.52. The van der Waals surface area contributed by atoms with Gasteiger partial charge in [0.15, 0.2) is 0 Å². The van der Waals surface area contributed by atoms with Gasteiger partial charge >= 0.3 is 0 Å². The number of rotatable bonds is 12. The van der Waals surface area contributed by atoms with Crippen molar-refractivity contribution >= 4 is 12.0 Å². The van der Waals surface area contributed by atoms with Crippen molar-refractivity contribution in [2.75, 3.05) is 45.2 Å². The number of allylic oxidation sites excluding steroid dienone is 5. The van der Waals surface area contributed by atoms with Crippen LogP contribution in [0.3, 0.4) is 0 Å². The molecule has 1 aliphatic rings. The number of carbonyl (C=O) groups is 1. The van der Waals surface area contributed by atoms with Crippen LogP contribution in [0.2, 0.25) is 0 Å². The van der Waals surface area contributed by atoms with Crippen LogP contribution in [0.4, 0.5) is 10.1 Å². The van der Waals surface area contributed by atoms with Gasteiger partial charge in [0.05, 0.1) is 19.8 Å². The van der Waals surface area contributed by atoms with E-state index in [0.717, 1.165) is 62.9 Å². The minimum Gasteiger partial charge on any atom is -0.392 e. The summed E-state index contributed by atoms with van der Waals surface area (Å²) in [7, 11) is 1.90. The van der Waals surface area contributed by atoms with E-state index in [-0.39, 0.29) is 19.0 Å². The van der Waals surface area contributed by atoms with Crippen LogP contribution in [0.25, 0.3) is 0 Å². The molecule has 208 valence electrons. The molecule has 4 N–H and O–H groups in total. The normalized spacial score (nSPS) is 14.9. The van der Waals surface area contributed by atoms with Gasteiger partial charge in [0.1, 0.15) is 12.1 Å². The van der Waals surface area contributed by atoms with Crippen molar-refractivity contribution in [1.82, 2.24) is 10.2 Å². The standard InChI is InChI=1S/C14H19FN2O2.C9H17NO.C7H12/c15-12-1-2-14(11(9-12)10-19)16-13-3-5-17(6-4-13)7-8-18;1-3-5-9(8-11)6-4-7-10-2;1-3-5-7-6-4-2/h1-2,8-9,13,16,19H,3-7,10H2;4-6,10-11H,3,7-8H2,1-2H3;3,5-7H,4H2,1-2H3/b;6-4-,9-5+;5-3-,7-6-. The summed E-state index contributed by atoms with van der Waals surface area (Å²) in [6.07, 6.45) is 19.1. The molecule has 1 saturated heterocycles. The summed E-state index contributed by atoms with van der Waals surface area (Å²) in [5.74, 6) is -0.338. The van der Waals surface area contributed by atoms with Crippen LogP contribution in [-0.4, -0.2) is 67.3 Å². The molecule has 1 heterocycles. The van der Waals surface area contributed by atoms with E-state index in [2.05, 4.69) is 41.5 Å². The summed E-state index contributed by atoms with van der Waals surface area (Å²) in [4.78, 5) is 12.6. The van der Waals surface area contributed by atoms with E-state index in [1.54, 1.807) is 6.07 Å². The summed E-state index contributed by atoms with van der Waals surface area (Å²) in [6.45, 7) is 9.25. The van der Waals surface area contributed by atoms with Crippen molar-refractivity contribution in [1.29, 1.82) is 0 Å². The number of nitrogens with one attached hydrogen (secondary N) is 2. The van der Waals surface area contributed by atoms with Gasteiger partial charge in [-0.1, -0.05) is 56.4 Å². The molecule has 1 fully saturated rings. The first-order valence-corrected chi connectivity index (χ1v) is 13.2. The molecule has 0 radical (unpaired) electrons. The number of hydrogen-bond acceptors (Lipinski definition) is 6. The van der Waals surface area contributed by atoms with Crippen LogP contribution in [0.15, 0.2) is 66.3 Å². The minimum atomic E-state index is -0.338. The maximum atomic E-state index is 13.1. The van der Waals surface area contributed by atoms with E-state index in [1.807, 2.05) is 44.4 Å². The lowest BCUT2D eigenvalue weighted by Crippen LogP contribution is -2.40. The van der Waals surface area contributed by atoms with Crippen molar-refractivity contribution < 1.29 is 19.4 Å². The monoisotopic (exact) mass is 517 g/mol. The molecule has 1 aliphatic heterocycles. The van der Waals surface area contributed by atoms with Gasteiger partial charge in [0.2, 0.25) is 0 Å². The SMILES string of the molecule is C/C=C\C=C/CC.CC/C=C(\C=C/CNC)CO.O=CCN1CCC(Nc2ccc(F)cc2CO)CC1. The predicted molar refractivity (Wildman–Crippen MR) is 154 cm³/mol. The molecule has 1 aromatic rings. The van der Waals surface area contributed by atoms with Gasteiger partial charge in [-0.2, -0.15) is 0 Å². The number of piperidine rings is 1. The molecule has 1 aromatic carbocycles. The van der Waals surface area contributed by atoms with Crippen LogP contribution in [0.1, 0.15) is 52.0 Å². The molecule has 0 unspecified atom stereocenters. The third-order valence-electron chi connectivity index (χ3n) is 5.50. The van der Waals surface area contributed by atoms with Crippen LogP contribution >= 0.6 is 0 Å². The second kappa shape index (κ2) is 23.8. The third kappa shape index (κ3) is 17.5. The van der Waals surface area contributed by atoms with Gasteiger partial charge in [-0.3, -0.25) is 4.90 Å². The lowest BCUT2D eigenvalue weighted by atomic mass is 10.0. The zero-order chi connectivity index (χ0) is 27.7. The maximum Gasteiger partial charge on any atom is 0.133 e. The molecular formula is C30H48FN3O3. The maximum absolute atomic E-state index is 13.1. The fourth-order valence-electron chi connectivity index (χ4n) is 3.52. The summed E-state index contributed by atoms with van der Waals surface area (Å²) >= 11 is 0. The molecule has 0 aromatic heterocycles. The van der Waals surface area contributed by atoms with Crippen molar-refractivity contribution in [2.45, 2.75) is 59.1 Å². The Kier molecular flexibility index (Phi) is 22.1. The van der Waals surface area contributed by atoms with Crippen LogP contribution in [0.5, 0.6) is 0 Å². The molecular weight excluding hydrogens is 469 g/mol. The third-order valence-corrected chi connectivity index (χ3v) is 5.50. The summed E-state index contributed by atoms with van der Waals surface area (Å²) in [5, 5.41) is 24.4. The van der Waals surface area contributed by atoms with Gasteiger partial charge in [0, 0.05) is 36.9 Å². The molecule has 0 aliphatic carbocycles. The summed E-state index contributed by atoms with van der Waals surface area (Å²) in [6, 6.07) is 4.71. The molecule has 0 amide bonds. The Morgan fingerprint density at radius 3 is 2.41 bits per heavy atom. The van der Waals surface area contributed by atoms with Crippen LogP contribution < -0.4 is 10.6 Å². The molecule has 0 saturated carbocycles. The van der Waals surface area contributed by atoms with E-state index in [0.29, 0.717) is 18.2 Å². The second-order valence-corrected chi connectivity index (χ2v) is 8.51. The Morgan fingerprint density at radius 2 is 1.86 bits per heavy atom. The van der Waals surface area contributed by atoms with Crippen molar-refractivity contribution in [3.05, 3.63) is 77.7 Å². The Labute approximate surface area is 223 Å². The first-order valence-electron chi connectivity index (χ1n) is 13.2. The number of carbonyl (C=O) groups excluding carboxylic acids is 1. The van der Waals surface area contributed by atoms with E-state index in [9.17, 15) is 14.3 Å². The molecule has 7 heteroatoms. The highest BCUT2D eigenvalue weighted by atomic mass is 19.1. The van der Waals surface area contributed by atoms with E-state index >= 15 is 0 Å². The van der Waals surface area contributed by atoms with E-state index < -0.39 is 0 Å². The Hall–Kier alpha value is -2.58. The number of anilines is 1. The average molecular weight is 518 g/mol. The molecule has 0 bridgehead atoms. The number of aldehydes is 1. The minimum absolute atomic E-state index is 0.133. The smallest absolute Gasteiger partial charge is 0.133 e. The number of nitrogens with zero attached hydrogens (tertiary/aromatic N) is 1. The number of aliphatic hydroxyl groups is 2. The number of hydrogen-bond donors (Lipinski definition) is 4. The second-order valence-electron chi connectivity index (χ2n) is 8.51. The highest BCUT2D eigenvalue weighted by Gasteiger charge is 2.19. The van der Waals surface area contributed by atoms with Gasteiger partial charge < -0.3 is 25.6 Å². The fraction of sp³-hybridized carbons (Fsp3) is 0.500. The molecule has 0 spiro atoms. The largest absolute Gasteiger partial charge is 0.392 e. The van der Waals surface area contributed by atoms with E-state index in [4.69, 9.17) is 5.11 Å². The molecule has 0 atom stereocenters. The quantitative estimate of drug-likeness (QED) is 0.230. The highest BCUT2D eigenvalue weighted by molar-refractivity contribution is 5.53. The van der Waals surface area contributed by atoms with Crippen molar-refractivity contribution in [3.8, 4) is 0 Å². The van der Waals surface area contributed by atoms with Crippen molar-refractivity contribution in [2.24, 2.45) is 0 Å². The molecule has 2 rings (SSSR count). The summed E-state index contributed by atoms with van der Waals surface area (Å²) in [5.41, 5.74) is 2.36.